The quantitative estimate of drug-likeness (QED) is 0.421. The van der Waals surface area contributed by atoms with Crippen molar-refractivity contribution in [3.8, 4) is 0 Å². The Bertz CT molecular complexity index is 284. The van der Waals surface area contributed by atoms with Crippen molar-refractivity contribution in [2.75, 3.05) is 33.0 Å². The molecule has 0 unspecified atom stereocenters. The van der Waals surface area contributed by atoms with Crippen LogP contribution in [-0.4, -0.2) is 48.0 Å². The van der Waals surface area contributed by atoms with Crippen LogP contribution < -0.4 is 0 Å². The van der Waals surface area contributed by atoms with E-state index < -0.39 is 0 Å². The van der Waals surface area contributed by atoms with Crippen LogP contribution in [-0.2, 0) is 20.2 Å². The van der Waals surface area contributed by atoms with Crippen LogP contribution in [0.5, 0.6) is 0 Å². The van der Waals surface area contributed by atoms with Crippen LogP contribution in [0.15, 0.2) is 6.20 Å². The Hall–Kier alpha value is -0.630. The molecule has 0 aliphatic carbocycles. The van der Waals surface area contributed by atoms with E-state index in [9.17, 15) is 0 Å². The van der Waals surface area contributed by atoms with E-state index in [4.69, 9.17) is 9.47 Å². The topological polar surface area (TPSA) is 58.4 Å². The molecule has 0 saturated heterocycles. The summed E-state index contributed by atoms with van der Waals surface area (Å²) in [6.45, 7) is 9.38. The number of aryl methyl sites for hydroxylation is 1. The number of aromatic nitrogens is 3. The third-order valence-electron chi connectivity index (χ3n) is 1.81. The summed E-state index contributed by atoms with van der Waals surface area (Å²) in [6, 6.07) is 0. The van der Waals surface area contributed by atoms with Gasteiger partial charge in [0.25, 0.3) is 0 Å². The van der Waals surface area contributed by atoms with Gasteiger partial charge in [0.05, 0.1) is 45.3 Å². The van der Waals surface area contributed by atoms with Gasteiger partial charge in [-0.25, -0.2) is 4.68 Å². The summed E-state index contributed by atoms with van der Waals surface area (Å²) in [5, 5.41) is 7.78. The molecule has 0 aliphatic heterocycles. The van der Waals surface area contributed by atoms with Crippen LogP contribution in [0.1, 0.15) is 19.5 Å². The molecule has 0 fully saturated rings. The molecule has 1 aromatic rings. The molecule has 18 heavy (non-hydrogen) atoms. The van der Waals surface area contributed by atoms with E-state index in [-0.39, 0.29) is 0 Å². The third-order valence-corrected chi connectivity index (χ3v) is 1.99. The number of nitrogens with zero attached hydrogens (tertiary/aromatic N) is 3. The van der Waals surface area contributed by atoms with E-state index >= 15 is 0 Å². The highest BCUT2D eigenvalue weighted by Gasteiger charge is 1.95. The van der Waals surface area contributed by atoms with Crippen LogP contribution in [0.25, 0.3) is 0 Å². The first-order valence-electron chi connectivity index (χ1n) is 6.11. The van der Waals surface area contributed by atoms with Gasteiger partial charge in [-0.15, -0.1) is 5.10 Å². The number of rotatable bonds is 9. The molecule has 106 valence electrons. The minimum absolute atomic E-state index is 0.487. The van der Waals surface area contributed by atoms with Crippen molar-refractivity contribution in [3.05, 3.63) is 11.9 Å². The summed E-state index contributed by atoms with van der Waals surface area (Å²) in [5.74, 6) is 0. The Morgan fingerprint density at radius 3 is 2.28 bits per heavy atom. The molecule has 1 heterocycles. The lowest BCUT2D eigenvalue weighted by atomic mass is 10.5. The second kappa shape index (κ2) is 12.8. The molecule has 0 radical (unpaired) electrons. The van der Waals surface area contributed by atoms with Gasteiger partial charge in [-0.3, -0.25) is 0 Å². The summed E-state index contributed by atoms with van der Waals surface area (Å²) < 4.78 is 16.8. The Morgan fingerprint density at radius 2 is 1.72 bits per heavy atom. The first kappa shape index (κ1) is 17.4. The van der Waals surface area contributed by atoms with Gasteiger partial charge >= 0.3 is 0 Å². The van der Waals surface area contributed by atoms with Gasteiger partial charge in [0.1, 0.15) is 0 Å². The van der Waals surface area contributed by atoms with Crippen LogP contribution >= 0.6 is 12.9 Å². The van der Waals surface area contributed by atoms with E-state index in [1.165, 1.54) is 0 Å². The first-order valence-corrected chi connectivity index (χ1v) is 6.48. The van der Waals surface area contributed by atoms with Crippen LogP contribution in [0, 0.1) is 6.92 Å². The van der Waals surface area contributed by atoms with Crippen molar-refractivity contribution >= 4 is 12.9 Å². The fraction of sp³-hybridized carbons (Fsp3) is 0.818. The fourth-order valence-corrected chi connectivity index (χ4v) is 1.16. The SMILES string of the molecule is CC.Cc1cn(CCOCCOCCOS)nn1. The standard InChI is InChI=1S/C9H17N3O3S.C2H6/c1-9-8-12(11-10-9)2-3-13-4-5-14-6-7-15-16;1-2/h8,16H,2-7H2,1H3;1-2H3. The molecular formula is C11H23N3O3S. The lowest BCUT2D eigenvalue weighted by Crippen LogP contribution is -2.11. The molecule has 0 N–H and O–H groups in total. The summed E-state index contributed by atoms with van der Waals surface area (Å²) in [5.41, 5.74) is 0.912. The predicted octanol–water partition coefficient (Wildman–Crippen LogP) is 1.51. The van der Waals surface area contributed by atoms with Crippen molar-refractivity contribution in [3.63, 3.8) is 0 Å². The van der Waals surface area contributed by atoms with E-state index in [0.29, 0.717) is 39.6 Å². The Morgan fingerprint density at radius 1 is 1.11 bits per heavy atom. The summed E-state index contributed by atoms with van der Waals surface area (Å²) in [4.78, 5) is 0. The highest BCUT2D eigenvalue weighted by molar-refractivity contribution is 7.75. The van der Waals surface area contributed by atoms with E-state index in [2.05, 4.69) is 27.4 Å². The zero-order chi connectivity index (χ0) is 13.6. The van der Waals surface area contributed by atoms with Gasteiger partial charge in [0, 0.05) is 6.20 Å². The zero-order valence-corrected chi connectivity index (χ0v) is 12.2. The largest absolute Gasteiger partial charge is 0.377 e. The van der Waals surface area contributed by atoms with Gasteiger partial charge in [0.2, 0.25) is 0 Å². The van der Waals surface area contributed by atoms with Crippen molar-refractivity contribution in [1.29, 1.82) is 0 Å². The van der Waals surface area contributed by atoms with Crippen molar-refractivity contribution in [2.24, 2.45) is 0 Å². The Kier molecular flexibility index (Phi) is 12.4. The molecule has 1 rings (SSSR count). The van der Waals surface area contributed by atoms with E-state index in [1.807, 2.05) is 27.0 Å². The van der Waals surface area contributed by atoms with Gasteiger partial charge in [0.15, 0.2) is 0 Å². The molecule has 0 bridgehead atoms. The molecule has 1 aromatic heterocycles. The highest BCUT2D eigenvalue weighted by atomic mass is 32.1. The first-order chi connectivity index (χ1) is 8.83. The maximum absolute atomic E-state index is 5.35. The van der Waals surface area contributed by atoms with Crippen molar-refractivity contribution < 1.29 is 13.7 Å². The van der Waals surface area contributed by atoms with Gasteiger partial charge in [-0.05, 0) is 19.8 Å². The average Bonchev–Trinajstić information content (AvgIpc) is 2.81. The molecular weight excluding hydrogens is 254 g/mol. The summed E-state index contributed by atoms with van der Waals surface area (Å²) in [6.07, 6.45) is 1.88. The molecule has 0 saturated carbocycles. The van der Waals surface area contributed by atoms with Crippen molar-refractivity contribution in [2.45, 2.75) is 27.3 Å². The minimum Gasteiger partial charge on any atom is -0.377 e. The van der Waals surface area contributed by atoms with Gasteiger partial charge in [-0.1, -0.05) is 19.1 Å². The third kappa shape index (κ3) is 9.41. The van der Waals surface area contributed by atoms with E-state index in [1.54, 1.807) is 4.68 Å². The number of hydrogen-bond donors (Lipinski definition) is 1. The second-order valence-electron chi connectivity index (χ2n) is 3.18. The lowest BCUT2D eigenvalue weighted by molar-refractivity contribution is 0.0356. The van der Waals surface area contributed by atoms with Gasteiger partial charge in [-0.2, -0.15) is 0 Å². The van der Waals surface area contributed by atoms with E-state index in [0.717, 1.165) is 5.69 Å². The highest BCUT2D eigenvalue weighted by Crippen LogP contribution is 1.89. The normalized spacial score (nSPS) is 10.0. The minimum atomic E-state index is 0.487. The van der Waals surface area contributed by atoms with Crippen LogP contribution in [0.4, 0.5) is 0 Å². The fourth-order valence-electron chi connectivity index (χ4n) is 1.08. The zero-order valence-electron chi connectivity index (χ0n) is 11.3. The molecule has 7 heteroatoms. The Labute approximate surface area is 114 Å². The summed E-state index contributed by atoms with van der Waals surface area (Å²) >= 11 is 3.59. The molecule has 0 spiro atoms. The summed E-state index contributed by atoms with van der Waals surface area (Å²) in [7, 11) is 0. The molecule has 0 aromatic carbocycles. The average molecular weight is 277 g/mol. The molecule has 0 amide bonds. The number of hydrogen-bond acceptors (Lipinski definition) is 6. The number of ether oxygens (including phenoxy) is 2. The van der Waals surface area contributed by atoms with Crippen LogP contribution in [0.2, 0.25) is 0 Å². The molecule has 6 nitrogen and oxygen atoms in total. The molecule has 0 aliphatic rings. The lowest BCUT2D eigenvalue weighted by Gasteiger charge is -2.04. The predicted molar refractivity (Wildman–Crippen MR) is 72.7 cm³/mol. The second-order valence-corrected chi connectivity index (χ2v) is 3.44. The van der Waals surface area contributed by atoms with Crippen molar-refractivity contribution in [1.82, 2.24) is 15.0 Å². The maximum atomic E-state index is 5.35. The number of thiol groups is 1. The Balaban J connectivity index is 0.00000137. The monoisotopic (exact) mass is 277 g/mol. The van der Waals surface area contributed by atoms with Crippen LogP contribution in [0.3, 0.4) is 0 Å². The van der Waals surface area contributed by atoms with Gasteiger partial charge < -0.3 is 13.7 Å². The maximum Gasteiger partial charge on any atom is 0.0844 e. The molecule has 0 atom stereocenters. The smallest absolute Gasteiger partial charge is 0.0844 e.